The molecule has 0 radical (unpaired) electrons. The third kappa shape index (κ3) is 3.48. The predicted molar refractivity (Wildman–Crippen MR) is 90.3 cm³/mol. The number of nitrogens with one attached hydrogen (secondary N) is 1. The third-order valence-corrected chi connectivity index (χ3v) is 5.07. The van der Waals surface area contributed by atoms with E-state index in [1.165, 1.54) is 11.5 Å². The van der Waals surface area contributed by atoms with Gasteiger partial charge in [-0.3, -0.25) is 0 Å². The maximum atomic E-state index is 10.8. The van der Waals surface area contributed by atoms with Gasteiger partial charge in [-0.05, 0) is 12.1 Å². The van der Waals surface area contributed by atoms with Crippen molar-refractivity contribution in [1.82, 2.24) is 4.98 Å². The van der Waals surface area contributed by atoms with Crippen molar-refractivity contribution in [2.45, 2.75) is 0 Å². The molecule has 0 aliphatic carbocycles. The Morgan fingerprint density at radius 2 is 1.95 bits per heavy atom. The first kappa shape index (κ1) is 14.2. The minimum absolute atomic E-state index is 0.554. The zero-order valence-corrected chi connectivity index (χ0v) is 13.0. The Balaban J connectivity index is 1.74. The fourth-order valence-electron chi connectivity index (χ4n) is 2.16. The highest BCUT2D eigenvalue weighted by molar-refractivity contribution is 7.99. The number of hydrogen-bond donors (Lipinski definition) is 2. The van der Waals surface area contributed by atoms with Crippen molar-refractivity contribution in [2.24, 2.45) is 5.73 Å². The van der Waals surface area contributed by atoms with E-state index < -0.39 is 6.03 Å². The Bertz CT molecular complexity index is 620. The van der Waals surface area contributed by atoms with Crippen molar-refractivity contribution in [1.29, 1.82) is 0 Å². The summed E-state index contributed by atoms with van der Waals surface area (Å²) in [5.74, 6) is 2.34. The van der Waals surface area contributed by atoms with E-state index in [1.54, 1.807) is 11.3 Å². The molecular weight excluding hydrogens is 304 g/mol. The lowest BCUT2D eigenvalue weighted by Crippen LogP contribution is -2.32. The summed E-state index contributed by atoms with van der Waals surface area (Å²) >= 11 is 3.67. The SMILES string of the molecule is NC(=O)Nc1ccc(-c2csc(N3CCSCC3)n2)cc1. The van der Waals surface area contributed by atoms with E-state index in [0.717, 1.165) is 29.5 Å². The molecule has 2 aromatic rings. The summed E-state index contributed by atoms with van der Waals surface area (Å²) in [6.07, 6.45) is 0. The average molecular weight is 320 g/mol. The number of anilines is 2. The van der Waals surface area contributed by atoms with E-state index in [4.69, 9.17) is 10.7 Å². The first-order chi connectivity index (χ1) is 10.2. The number of carbonyl (C=O) groups excluding carboxylic acids is 1. The molecule has 110 valence electrons. The molecule has 3 N–H and O–H groups in total. The van der Waals surface area contributed by atoms with Crippen LogP contribution in [0.5, 0.6) is 0 Å². The van der Waals surface area contributed by atoms with Gasteiger partial charge < -0.3 is 16.0 Å². The summed E-state index contributed by atoms with van der Waals surface area (Å²) < 4.78 is 0. The van der Waals surface area contributed by atoms with Gasteiger partial charge in [0, 0.05) is 41.2 Å². The second-order valence-electron chi connectivity index (χ2n) is 4.68. The molecule has 1 aromatic carbocycles. The molecule has 1 aliphatic rings. The molecule has 3 rings (SSSR count). The van der Waals surface area contributed by atoms with Crippen molar-refractivity contribution < 1.29 is 4.79 Å². The van der Waals surface area contributed by atoms with Crippen LogP contribution in [-0.2, 0) is 0 Å². The van der Waals surface area contributed by atoms with Crippen molar-refractivity contribution in [2.75, 3.05) is 34.8 Å². The van der Waals surface area contributed by atoms with Gasteiger partial charge in [0.25, 0.3) is 0 Å². The smallest absolute Gasteiger partial charge is 0.316 e. The third-order valence-electron chi connectivity index (χ3n) is 3.22. The number of primary amides is 1. The van der Waals surface area contributed by atoms with Gasteiger partial charge in [0.05, 0.1) is 5.69 Å². The fourth-order valence-corrected chi connectivity index (χ4v) is 3.95. The van der Waals surface area contributed by atoms with Crippen LogP contribution in [-0.4, -0.2) is 35.6 Å². The molecule has 2 amide bonds. The summed E-state index contributed by atoms with van der Waals surface area (Å²) in [5.41, 5.74) is 7.79. The average Bonchev–Trinajstić information content (AvgIpc) is 2.98. The van der Waals surface area contributed by atoms with Crippen LogP contribution in [0.1, 0.15) is 0 Å². The number of thiazole rings is 1. The largest absolute Gasteiger partial charge is 0.351 e. The minimum Gasteiger partial charge on any atom is -0.351 e. The standard InChI is InChI=1S/C14H16N4OS2/c15-13(19)16-11-3-1-10(2-4-11)12-9-21-14(17-12)18-5-7-20-8-6-18/h1-4,9H,5-8H2,(H3,15,16,19). The lowest BCUT2D eigenvalue weighted by molar-refractivity contribution is 0.259. The first-order valence-corrected chi connectivity index (χ1v) is 8.71. The second kappa shape index (κ2) is 6.36. The van der Waals surface area contributed by atoms with Gasteiger partial charge in [-0.25, -0.2) is 9.78 Å². The van der Waals surface area contributed by atoms with E-state index in [0.29, 0.717) is 5.69 Å². The maximum Gasteiger partial charge on any atom is 0.316 e. The van der Waals surface area contributed by atoms with E-state index in [2.05, 4.69) is 15.6 Å². The van der Waals surface area contributed by atoms with Gasteiger partial charge in [0.2, 0.25) is 0 Å². The Morgan fingerprint density at radius 3 is 2.62 bits per heavy atom. The molecule has 21 heavy (non-hydrogen) atoms. The van der Waals surface area contributed by atoms with Crippen molar-refractivity contribution in [3.63, 3.8) is 0 Å². The van der Waals surface area contributed by atoms with Gasteiger partial charge in [0.1, 0.15) is 0 Å². The number of aromatic nitrogens is 1. The number of rotatable bonds is 3. The fraction of sp³-hybridized carbons (Fsp3) is 0.286. The molecule has 0 spiro atoms. The molecular formula is C14H16N4OS2. The molecule has 0 atom stereocenters. The number of benzene rings is 1. The second-order valence-corrected chi connectivity index (χ2v) is 6.74. The Morgan fingerprint density at radius 1 is 1.24 bits per heavy atom. The Hall–Kier alpha value is -1.73. The lowest BCUT2D eigenvalue weighted by Gasteiger charge is -2.25. The summed E-state index contributed by atoms with van der Waals surface area (Å²) in [6, 6.07) is 6.99. The van der Waals surface area contributed by atoms with Crippen LogP contribution in [0.3, 0.4) is 0 Å². The van der Waals surface area contributed by atoms with E-state index in [1.807, 2.05) is 36.0 Å². The van der Waals surface area contributed by atoms with Gasteiger partial charge in [0.15, 0.2) is 5.13 Å². The summed E-state index contributed by atoms with van der Waals surface area (Å²) in [7, 11) is 0. The minimum atomic E-state index is -0.554. The van der Waals surface area contributed by atoms with Gasteiger partial charge in [-0.15, -0.1) is 11.3 Å². The Labute approximate surface area is 131 Å². The number of thioether (sulfide) groups is 1. The molecule has 5 nitrogen and oxygen atoms in total. The number of carbonyl (C=O) groups is 1. The van der Waals surface area contributed by atoms with Gasteiger partial charge in [-0.2, -0.15) is 11.8 Å². The zero-order chi connectivity index (χ0) is 14.7. The molecule has 1 fully saturated rings. The topological polar surface area (TPSA) is 71.2 Å². The number of hydrogen-bond acceptors (Lipinski definition) is 5. The lowest BCUT2D eigenvalue weighted by atomic mass is 10.1. The molecule has 7 heteroatoms. The number of nitrogens with two attached hydrogens (primary N) is 1. The van der Waals surface area contributed by atoms with Crippen LogP contribution in [0, 0.1) is 0 Å². The zero-order valence-electron chi connectivity index (χ0n) is 11.4. The summed E-state index contributed by atoms with van der Waals surface area (Å²) in [6.45, 7) is 2.14. The number of urea groups is 1. The van der Waals surface area contributed by atoms with Crippen LogP contribution in [0.15, 0.2) is 29.6 Å². The van der Waals surface area contributed by atoms with E-state index in [9.17, 15) is 4.79 Å². The molecule has 1 aliphatic heterocycles. The van der Waals surface area contributed by atoms with Gasteiger partial charge >= 0.3 is 6.03 Å². The molecule has 0 unspecified atom stereocenters. The number of nitrogens with zero attached hydrogens (tertiary/aromatic N) is 2. The van der Waals surface area contributed by atoms with E-state index >= 15 is 0 Å². The molecule has 1 saturated heterocycles. The highest BCUT2D eigenvalue weighted by Crippen LogP contribution is 2.29. The molecule has 2 heterocycles. The quantitative estimate of drug-likeness (QED) is 0.912. The van der Waals surface area contributed by atoms with Crippen LogP contribution < -0.4 is 16.0 Å². The predicted octanol–water partition coefficient (Wildman–Crippen LogP) is 2.85. The molecule has 0 saturated carbocycles. The normalized spacial score (nSPS) is 15.0. The van der Waals surface area contributed by atoms with Gasteiger partial charge in [-0.1, -0.05) is 12.1 Å². The van der Waals surface area contributed by atoms with Crippen LogP contribution in [0.25, 0.3) is 11.3 Å². The molecule has 1 aromatic heterocycles. The van der Waals surface area contributed by atoms with Crippen LogP contribution in [0.2, 0.25) is 0 Å². The first-order valence-electron chi connectivity index (χ1n) is 6.67. The van der Waals surface area contributed by atoms with Crippen LogP contribution >= 0.6 is 23.1 Å². The monoisotopic (exact) mass is 320 g/mol. The Kier molecular flexibility index (Phi) is 4.31. The van der Waals surface area contributed by atoms with Crippen molar-refractivity contribution in [3.8, 4) is 11.3 Å². The highest BCUT2D eigenvalue weighted by Gasteiger charge is 2.15. The number of amides is 2. The molecule has 0 bridgehead atoms. The maximum absolute atomic E-state index is 10.8. The van der Waals surface area contributed by atoms with Crippen molar-refractivity contribution in [3.05, 3.63) is 29.6 Å². The van der Waals surface area contributed by atoms with Crippen molar-refractivity contribution >= 4 is 39.9 Å². The highest BCUT2D eigenvalue weighted by atomic mass is 32.2. The van der Waals surface area contributed by atoms with Crippen LogP contribution in [0.4, 0.5) is 15.6 Å². The summed E-state index contributed by atoms with van der Waals surface area (Å²) in [5, 5.41) is 5.72. The summed E-state index contributed by atoms with van der Waals surface area (Å²) in [4.78, 5) is 17.9. The van der Waals surface area contributed by atoms with E-state index in [-0.39, 0.29) is 0 Å².